The molecule has 0 aromatic carbocycles. The average molecular weight is 236 g/mol. The van der Waals surface area contributed by atoms with Gasteiger partial charge in [-0.2, -0.15) is 0 Å². The van der Waals surface area contributed by atoms with E-state index in [1.54, 1.807) is 0 Å². The number of hydrogen-bond acceptors (Lipinski definition) is 3. The van der Waals surface area contributed by atoms with Crippen molar-refractivity contribution < 1.29 is 4.79 Å². The molecule has 1 saturated heterocycles. The molecule has 0 spiro atoms. The van der Waals surface area contributed by atoms with Crippen LogP contribution in [0.3, 0.4) is 0 Å². The first-order chi connectivity index (χ1) is 8.13. The Balaban J connectivity index is 2.17. The number of nitrogens with zero attached hydrogens (tertiary/aromatic N) is 3. The molecule has 0 aliphatic carbocycles. The van der Waals surface area contributed by atoms with Gasteiger partial charge in [0.2, 0.25) is 5.82 Å². The zero-order chi connectivity index (χ0) is 12.4. The van der Waals surface area contributed by atoms with Gasteiger partial charge in [0.15, 0.2) is 0 Å². The summed E-state index contributed by atoms with van der Waals surface area (Å²) in [4.78, 5) is 18.5. The van der Waals surface area contributed by atoms with Crippen molar-refractivity contribution in [2.75, 3.05) is 0 Å². The van der Waals surface area contributed by atoms with Gasteiger partial charge in [-0.3, -0.25) is 9.89 Å². The molecule has 5 nitrogen and oxygen atoms in total. The van der Waals surface area contributed by atoms with Crippen molar-refractivity contribution in [1.29, 1.82) is 0 Å². The number of H-pyrrole nitrogens is 1. The fourth-order valence-electron chi connectivity index (χ4n) is 2.49. The van der Waals surface area contributed by atoms with E-state index in [1.165, 1.54) is 6.42 Å². The Morgan fingerprint density at radius 3 is 2.59 bits per heavy atom. The maximum atomic E-state index is 12.3. The van der Waals surface area contributed by atoms with Gasteiger partial charge in [-0.1, -0.05) is 6.92 Å². The number of nitrogens with one attached hydrogen (secondary N) is 1. The minimum Gasteiger partial charge on any atom is -0.330 e. The number of carbonyl (C=O) groups is 1. The van der Waals surface area contributed by atoms with Crippen LogP contribution in [0.15, 0.2) is 0 Å². The predicted molar refractivity (Wildman–Crippen MR) is 64.7 cm³/mol. The van der Waals surface area contributed by atoms with E-state index in [0.29, 0.717) is 5.82 Å². The van der Waals surface area contributed by atoms with Crippen molar-refractivity contribution >= 4 is 5.91 Å². The Labute approximate surface area is 102 Å². The fraction of sp³-hybridized carbons (Fsp3) is 0.750. The number of piperidine rings is 1. The van der Waals surface area contributed by atoms with Gasteiger partial charge in [-0.25, -0.2) is 4.98 Å². The molecule has 2 atom stereocenters. The zero-order valence-electron chi connectivity index (χ0n) is 10.7. The molecule has 94 valence electrons. The molecule has 2 unspecified atom stereocenters. The number of amides is 1. The summed E-state index contributed by atoms with van der Waals surface area (Å²) in [6.45, 7) is 6.18. The van der Waals surface area contributed by atoms with Crippen LogP contribution < -0.4 is 0 Å². The van der Waals surface area contributed by atoms with Gasteiger partial charge in [0, 0.05) is 18.5 Å². The first kappa shape index (κ1) is 12.1. The normalized spacial score (nSPS) is 25.0. The molecule has 0 saturated carbocycles. The second-order valence-corrected chi connectivity index (χ2v) is 4.80. The predicted octanol–water partition coefficient (Wildman–Crippen LogP) is 1.77. The smallest absolute Gasteiger partial charge is 0.294 e. The Kier molecular flexibility index (Phi) is 3.45. The van der Waals surface area contributed by atoms with Crippen LogP contribution in [0.1, 0.15) is 56.5 Å². The van der Waals surface area contributed by atoms with Crippen LogP contribution in [0.25, 0.3) is 0 Å². The summed E-state index contributed by atoms with van der Waals surface area (Å²) in [5.74, 6) is 1.04. The molecule has 1 amide bonds. The van der Waals surface area contributed by atoms with Crippen molar-refractivity contribution in [3.63, 3.8) is 0 Å². The average Bonchev–Trinajstić information content (AvgIpc) is 2.77. The summed E-state index contributed by atoms with van der Waals surface area (Å²) >= 11 is 0. The standard InChI is InChI=1S/C12H20N4O/c1-4-10-13-11(15-14-10)12(17)16-8(2)6-5-7-9(16)3/h8-9H,4-7H2,1-3H3,(H,13,14,15). The molecule has 1 N–H and O–H groups in total. The molecule has 1 aliphatic heterocycles. The lowest BCUT2D eigenvalue weighted by molar-refractivity contribution is 0.0498. The molecular formula is C12H20N4O. The molecule has 5 heteroatoms. The highest BCUT2D eigenvalue weighted by Gasteiger charge is 2.31. The third-order valence-corrected chi connectivity index (χ3v) is 3.49. The summed E-state index contributed by atoms with van der Waals surface area (Å²) in [6.07, 6.45) is 4.11. The van der Waals surface area contributed by atoms with Crippen LogP contribution in [0.5, 0.6) is 0 Å². The Bertz CT molecular complexity index is 391. The summed E-state index contributed by atoms with van der Waals surface area (Å²) in [6, 6.07) is 0.574. The maximum Gasteiger partial charge on any atom is 0.294 e. The van der Waals surface area contributed by atoms with E-state index in [-0.39, 0.29) is 18.0 Å². The highest BCUT2D eigenvalue weighted by Crippen LogP contribution is 2.23. The van der Waals surface area contributed by atoms with Gasteiger partial charge in [0.1, 0.15) is 5.82 Å². The quantitative estimate of drug-likeness (QED) is 0.851. The lowest BCUT2D eigenvalue weighted by atomic mass is 9.97. The van der Waals surface area contributed by atoms with E-state index in [9.17, 15) is 4.79 Å². The van der Waals surface area contributed by atoms with Crippen LogP contribution >= 0.6 is 0 Å². The van der Waals surface area contributed by atoms with E-state index in [4.69, 9.17) is 0 Å². The van der Waals surface area contributed by atoms with E-state index in [1.807, 2.05) is 11.8 Å². The SMILES string of the molecule is CCc1nc(C(=O)N2C(C)CCCC2C)n[nH]1. The Morgan fingerprint density at radius 1 is 1.41 bits per heavy atom. The van der Waals surface area contributed by atoms with E-state index in [2.05, 4.69) is 29.0 Å². The Morgan fingerprint density at radius 2 is 2.06 bits per heavy atom. The topological polar surface area (TPSA) is 61.9 Å². The summed E-state index contributed by atoms with van der Waals surface area (Å²) in [7, 11) is 0. The molecule has 1 aliphatic rings. The summed E-state index contributed by atoms with van der Waals surface area (Å²) < 4.78 is 0. The molecule has 1 fully saturated rings. The van der Waals surface area contributed by atoms with Crippen LogP contribution in [-0.2, 0) is 6.42 Å². The molecule has 1 aromatic heterocycles. The van der Waals surface area contributed by atoms with Crippen molar-refractivity contribution in [2.45, 2.75) is 58.5 Å². The van der Waals surface area contributed by atoms with E-state index >= 15 is 0 Å². The summed E-state index contributed by atoms with van der Waals surface area (Å²) in [5.41, 5.74) is 0. The first-order valence-corrected chi connectivity index (χ1v) is 6.37. The van der Waals surface area contributed by atoms with Gasteiger partial charge < -0.3 is 4.90 Å². The van der Waals surface area contributed by atoms with Crippen molar-refractivity contribution in [3.8, 4) is 0 Å². The van der Waals surface area contributed by atoms with Crippen LogP contribution in [0, 0.1) is 0 Å². The maximum absolute atomic E-state index is 12.3. The largest absolute Gasteiger partial charge is 0.330 e. The van der Waals surface area contributed by atoms with Gasteiger partial charge in [-0.15, -0.1) is 5.10 Å². The zero-order valence-corrected chi connectivity index (χ0v) is 10.7. The lowest BCUT2D eigenvalue weighted by Gasteiger charge is -2.38. The number of carbonyl (C=O) groups excluding carboxylic acids is 1. The van der Waals surface area contributed by atoms with Crippen molar-refractivity contribution in [3.05, 3.63) is 11.6 Å². The molecule has 2 heterocycles. The van der Waals surface area contributed by atoms with Gasteiger partial charge in [0.05, 0.1) is 0 Å². The molecule has 0 bridgehead atoms. The molecule has 1 aromatic rings. The summed E-state index contributed by atoms with van der Waals surface area (Å²) in [5, 5.41) is 6.80. The van der Waals surface area contributed by atoms with Crippen molar-refractivity contribution in [2.24, 2.45) is 0 Å². The second-order valence-electron chi connectivity index (χ2n) is 4.80. The molecule has 17 heavy (non-hydrogen) atoms. The minimum atomic E-state index is -0.0411. The highest BCUT2D eigenvalue weighted by atomic mass is 16.2. The van der Waals surface area contributed by atoms with E-state index in [0.717, 1.165) is 25.1 Å². The number of aromatic nitrogens is 3. The van der Waals surface area contributed by atoms with E-state index < -0.39 is 0 Å². The number of aromatic amines is 1. The number of aryl methyl sites for hydroxylation is 1. The number of hydrogen-bond donors (Lipinski definition) is 1. The van der Waals surface area contributed by atoms with Crippen LogP contribution in [0.4, 0.5) is 0 Å². The third kappa shape index (κ3) is 2.33. The Hall–Kier alpha value is -1.39. The second kappa shape index (κ2) is 4.85. The van der Waals surface area contributed by atoms with Crippen LogP contribution in [0.2, 0.25) is 0 Å². The number of likely N-dealkylation sites (tertiary alicyclic amines) is 1. The van der Waals surface area contributed by atoms with Gasteiger partial charge >= 0.3 is 0 Å². The fourth-order valence-corrected chi connectivity index (χ4v) is 2.49. The first-order valence-electron chi connectivity index (χ1n) is 6.37. The van der Waals surface area contributed by atoms with Gasteiger partial charge in [0.25, 0.3) is 5.91 Å². The lowest BCUT2D eigenvalue weighted by Crippen LogP contribution is -2.47. The highest BCUT2D eigenvalue weighted by molar-refractivity contribution is 5.90. The molecule has 2 rings (SSSR count). The minimum absolute atomic E-state index is 0.0411. The van der Waals surface area contributed by atoms with Gasteiger partial charge in [-0.05, 0) is 33.1 Å². The van der Waals surface area contributed by atoms with Crippen LogP contribution in [-0.4, -0.2) is 38.1 Å². The molecule has 0 radical (unpaired) electrons. The monoisotopic (exact) mass is 236 g/mol. The third-order valence-electron chi connectivity index (χ3n) is 3.49. The molecular weight excluding hydrogens is 216 g/mol. The van der Waals surface area contributed by atoms with Crippen molar-refractivity contribution in [1.82, 2.24) is 20.1 Å². The number of rotatable bonds is 2.